The molecule has 1 aliphatic rings. The molecule has 2 rings (SSSR count). The molecule has 23 heavy (non-hydrogen) atoms. The van der Waals surface area contributed by atoms with Crippen LogP contribution in [-0.4, -0.2) is 33.8 Å². The molecule has 1 saturated carbocycles. The fourth-order valence-electron chi connectivity index (χ4n) is 3.51. The molecule has 0 heterocycles. The quantitative estimate of drug-likeness (QED) is 0.910. The maximum atomic E-state index is 11.9. The van der Waals surface area contributed by atoms with Crippen molar-refractivity contribution in [1.29, 1.82) is 5.26 Å². The topological polar surface area (TPSA) is 73.6 Å². The van der Waals surface area contributed by atoms with E-state index < -0.39 is 17.2 Å². The normalized spacial score (nSPS) is 16.6. The summed E-state index contributed by atoms with van der Waals surface area (Å²) in [5, 5.41) is 18.6. The third-order valence-corrected chi connectivity index (χ3v) is 4.36. The zero-order valence-electron chi connectivity index (χ0n) is 14.0. The zero-order valence-corrected chi connectivity index (χ0v) is 14.0. The van der Waals surface area contributed by atoms with E-state index in [4.69, 9.17) is 10.00 Å². The number of carboxylic acid groups (broad SMARTS) is 1. The fraction of sp³-hybridized carbons (Fsp3) is 0.556. The first-order chi connectivity index (χ1) is 10.8. The lowest BCUT2D eigenvalue weighted by Gasteiger charge is -2.47. The molecule has 0 radical (unpaired) electrons. The van der Waals surface area contributed by atoms with E-state index in [1.54, 1.807) is 29.2 Å². The number of hydrogen-bond donors (Lipinski definition) is 1. The van der Waals surface area contributed by atoms with Crippen LogP contribution in [0.5, 0.6) is 5.75 Å². The molecule has 1 aliphatic carbocycles. The Balaban J connectivity index is 2.20. The van der Waals surface area contributed by atoms with E-state index in [-0.39, 0.29) is 0 Å². The number of nitriles is 1. The summed E-state index contributed by atoms with van der Waals surface area (Å²) in [6.45, 7) is 6.09. The molecule has 1 fully saturated rings. The van der Waals surface area contributed by atoms with Crippen LogP contribution in [0.1, 0.15) is 52.0 Å². The van der Waals surface area contributed by atoms with Crippen LogP contribution in [-0.2, 0) is 0 Å². The van der Waals surface area contributed by atoms with Gasteiger partial charge >= 0.3 is 6.09 Å². The second-order valence-corrected chi connectivity index (χ2v) is 7.15. The van der Waals surface area contributed by atoms with Crippen LogP contribution in [0.3, 0.4) is 0 Å². The minimum Gasteiger partial charge on any atom is -0.491 e. The lowest BCUT2D eigenvalue weighted by molar-refractivity contribution is -0.00685. The van der Waals surface area contributed by atoms with Gasteiger partial charge in [-0.3, -0.25) is 4.90 Å². The summed E-state index contributed by atoms with van der Waals surface area (Å²) in [6, 6.07) is 8.98. The van der Waals surface area contributed by atoms with Gasteiger partial charge in [-0.15, -0.1) is 0 Å². The van der Waals surface area contributed by atoms with Crippen molar-refractivity contribution in [2.75, 3.05) is 6.61 Å². The first kappa shape index (κ1) is 17.1. The maximum absolute atomic E-state index is 11.9. The molecule has 1 N–H and O–H groups in total. The highest BCUT2D eigenvalue weighted by molar-refractivity contribution is 5.67. The van der Waals surface area contributed by atoms with Crippen molar-refractivity contribution in [3.05, 3.63) is 29.8 Å². The van der Waals surface area contributed by atoms with Crippen molar-refractivity contribution in [1.82, 2.24) is 4.90 Å². The number of nitrogens with zero attached hydrogens (tertiary/aromatic N) is 2. The molecule has 1 amide bonds. The first-order valence-corrected chi connectivity index (χ1v) is 7.95. The smallest absolute Gasteiger partial charge is 0.408 e. The molecule has 0 saturated heterocycles. The molecule has 0 unspecified atom stereocenters. The Kier molecular flexibility index (Phi) is 4.84. The van der Waals surface area contributed by atoms with Gasteiger partial charge in [-0.05, 0) is 57.9 Å². The van der Waals surface area contributed by atoms with Gasteiger partial charge in [-0.25, -0.2) is 4.79 Å². The third-order valence-electron chi connectivity index (χ3n) is 4.36. The predicted octanol–water partition coefficient (Wildman–Crippen LogP) is 4.03. The number of amides is 1. The summed E-state index contributed by atoms with van der Waals surface area (Å²) < 4.78 is 5.90. The van der Waals surface area contributed by atoms with Gasteiger partial charge in [0.15, 0.2) is 0 Å². The third kappa shape index (κ3) is 3.76. The van der Waals surface area contributed by atoms with Crippen molar-refractivity contribution in [2.24, 2.45) is 0 Å². The van der Waals surface area contributed by atoms with Crippen LogP contribution in [0, 0.1) is 11.3 Å². The van der Waals surface area contributed by atoms with Gasteiger partial charge in [0.2, 0.25) is 0 Å². The van der Waals surface area contributed by atoms with E-state index in [2.05, 4.69) is 6.07 Å². The molecule has 124 valence electrons. The van der Waals surface area contributed by atoms with Crippen LogP contribution >= 0.6 is 0 Å². The van der Waals surface area contributed by atoms with Gasteiger partial charge in [-0.2, -0.15) is 5.26 Å². The van der Waals surface area contributed by atoms with E-state index in [0.717, 1.165) is 25.7 Å². The van der Waals surface area contributed by atoms with Crippen LogP contribution in [0.4, 0.5) is 4.79 Å². The number of hydrogen-bond acceptors (Lipinski definition) is 3. The number of ether oxygens (including phenoxy) is 1. The van der Waals surface area contributed by atoms with E-state index in [9.17, 15) is 9.90 Å². The fourth-order valence-corrected chi connectivity index (χ4v) is 3.51. The van der Waals surface area contributed by atoms with Crippen molar-refractivity contribution < 1.29 is 14.6 Å². The zero-order chi connectivity index (χ0) is 17.1. The van der Waals surface area contributed by atoms with E-state index >= 15 is 0 Å². The molecule has 0 aliphatic heterocycles. The Morgan fingerprint density at radius 1 is 1.30 bits per heavy atom. The van der Waals surface area contributed by atoms with Crippen LogP contribution in [0.2, 0.25) is 0 Å². The van der Waals surface area contributed by atoms with E-state index in [1.165, 1.54) is 0 Å². The van der Waals surface area contributed by atoms with Gasteiger partial charge in [0.1, 0.15) is 12.4 Å². The highest BCUT2D eigenvalue weighted by Gasteiger charge is 2.47. The molecule has 0 spiro atoms. The molecule has 5 nitrogen and oxygen atoms in total. The molecule has 1 aromatic rings. The van der Waals surface area contributed by atoms with Crippen molar-refractivity contribution in [2.45, 2.75) is 57.5 Å². The van der Waals surface area contributed by atoms with Crippen LogP contribution in [0.25, 0.3) is 0 Å². The summed E-state index contributed by atoms with van der Waals surface area (Å²) in [5.41, 5.74) is -0.392. The Morgan fingerprint density at radius 3 is 2.30 bits per heavy atom. The summed E-state index contributed by atoms with van der Waals surface area (Å²) in [5.74, 6) is 0.662. The molecule has 0 aromatic heterocycles. The Labute approximate surface area is 137 Å². The molecular weight excluding hydrogens is 292 g/mol. The second-order valence-electron chi connectivity index (χ2n) is 7.15. The molecule has 0 atom stereocenters. The monoisotopic (exact) mass is 316 g/mol. The molecular formula is C18H24N2O3. The summed E-state index contributed by atoms with van der Waals surface area (Å²) in [4.78, 5) is 13.4. The Morgan fingerprint density at radius 2 is 1.87 bits per heavy atom. The minimum absolute atomic E-state index is 0.336. The number of rotatable bonds is 4. The van der Waals surface area contributed by atoms with Gasteiger partial charge < -0.3 is 9.84 Å². The lowest BCUT2D eigenvalue weighted by Crippen LogP contribution is -2.60. The maximum Gasteiger partial charge on any atom is 0.408 e. The average Bonchev–Trinajstić information content (AvgIpc) is 2.93. The molecule has 5 heteroatoms. The summed E-state index contributed by atoms with van der Waals surface area (Å²) in [6.07, 6.45) is 2.75. The van der Waals surface area contributed by atoms with E-state index in [0.29, 0.717) is 17.9 Å². The minimum atomic E-state index is -0.900. The SMILES string of the molecule is CC(C)(C)N(C(=O)O)C1(COc2ccc(C#N)cc2)CCCC1. The Bertz CT molecular complexity index is 590. The van der Waals surface area contributed by atoms with Crippen LogP contribution < -0.4 is 4.74 Å². The summed E-state index contributed by atoms with van der Waals surface area (Å²) >= 11 is 0. The van der Waals surface area contributed by atoms with Crippen molar-refractivity contribution in [3.8, 4) is 11.8 Å². The predicted molar refractivity (Wildman–Crippen MR) is 87.5 cm³/mol. The number of carbonyl (C=O) groups is 1. The van der Waals surface area contributed by atoms with Crippen molar-refractivity contribution >= 4 is 6.09 Å². The highest BCUT2D eigenvalue weighted by Crippen LogP contribution is 2.40. The second kappa shape index (κ2) is 6.49. The summed E-state index contributed by atoms with van der Waals surface area (Å²) in [7, 11) is 0. The first-order valence-electron chi connectivity index (χ1n) is 7.95. The highest BCUT2D eigenvalue weighted by atomic mass is 16.5. The number of benzene rings is 1. The van der Waals surface area contributed by atoms with Gasteiger partial charge in [0.25, 0.3) is 0 Å². The molecule has 0 bridgehead atoms. The lowest BCUT2D eigenvalue weighted by atomic mass is 9.90. The van der Waals surface area contributed by atoms with Crippen molar-refractivity contribution in [3.63, 3.8) is 0 Å². The van der Waals surface area contributed by atoms with Gasteiger partial charge in [0.05, 0.1) is 17.2 Å². The Hall–Kier alpha value is -2.22. The standard InChI is InChI=1S/C18H24N2O3/c1-17(2,3)20(16(21)22)18(10-4-5-11-18)13-23-15-8-6-14(12-19)7-9-15/h6-9H,4-5,10-11,13H2,1-3H3,(H,21,22). The van der Waals surface area contributed by atoms with Crippen LogP contribution in [0.15, 0.2) is 24.3 Å². The van der Waals surface area contributed by atoms with Gasteiger partial charge in [0, 0.05) is 5.54 Å². The van der Waals surface area contributed by atoms with Gasteiger partial charge in [-0.1, -0.05) is 12.8 Å². The largest absolute Gasteiger partial charge is 0.491 e. The van der Waals surface area contributed by atoms with E-state index in [1.807, 2.05) is 20.8 Å². The molecule has 1 aromatic carbocycles. The average molecular weight is 316 g/mol.